The smallest absolute Gasteiger partial charge is 0.235 e. The summed E-state index contributed by atoms with van der Waals surface area (Å²) in [4.78, 5) is 12.3. The number of thioether (sulfide) groups is 1. The molecular weight excluding hydrogens is 289 g/mol. The van der Waals surface area contributed by atoms with E-state index >= 15 is 0 Å². The highest BCUT2D eigenvalue weighted by Gasteiger charge is 2.17. The van der Waals surface area contributed by atoms with Gasteiger partial charge in [-0.25, -0.2) is 4.39 Å². The topological polar surface area (TPSA) is 57.8 Å². The van der Waals surface area contributed by atoms with Crippen LogP contribution in [-0.4, -0.2) is 21.9 Å². The summed E-state index contributed by atoms with van der Waals surface area (Å²) in [5.74, 6) is 0.0953. The number of aromatic nitrogens is 2. The molecule has 0 aliphatic heterocycles. The number of hydrogen-bond acceptors (Lipinski definition) is 3. The molecule has 0 bridgehead atoms. The summed E-state index contributed by atoms with van der Waals surface area (Å²) in [7, 11) is 0. The lowest BCUT2D eigenvalue weighted by atomic mass is 9.92. The fourth-order valence-electron chi connectivity index (χ4n) is 1.65. The molecule has 4 nitrogen and oxygen atoms in total. The number of nitrogens with one attached hydrogen (secondary N) is 2. The molecule has 0 saturated heterocycles. The van der Waals surface area contributed by atoms with Gasteiger partial charge in [-0.15, -0.1) is 11.8 Å². The van der Waals surface area contributed by atoms with Crippen molar-refractivity contribution >= 4 is 23.5 Å². The normalized spacial score (nSPS) is 11.4. The van der Waals surface area contributed by atoms with Crippen LogP contribution >= 0.6 is 11.8 Å². The van der Waals surface area contributed by atoms with Crippen LogP contribution in [0, 0.1) is 5.82 Å². The minimum Gasteiger partial charge on any atom is -0.308 e. The van der Waals surface area contributed by atoms with Gasteiger partial charge in [-0.3, -0.25) is 9.89 Å². The molecule has 6 heteroatoms. The molecule has 0 aliphatic rings. The van der Waals surface area contributed by atoms with Crippen LogP contribution in [0.25, 0.3) is 0 Å². The first-order chi connectivity index (χ1) is 9.86. The van der Waals surface area contributed by atoms with Gasteiger partial charge in [0, 0.05) is 22.1 Å². The molecule has 0 aliphatic carbocycles. The molecule has 0 unspecified atom stereocenters. The lowest BCUT2D eigenvalue weighted by Crippen LogP contribution is -2.14. The molecule has 1 aromatic heterocycles. The zero-order valence-electron chi connectivity index (χ0n) is 12.2. The monoisotopic (exact) mass is 307 g/mol. The van der Waals surface area contributed by atoms with E-state index in [4.69, 9.17) is 0 Å². The number of carbonyl (C=O) groups is 1. The van der Waals surface area contributed by atoms with E-state index in [1.807, 2.05) is 6.07 Å². The van der Waals surface area contributed by atoms with Crippen molar-refractivity contribution < 1.29 is 9.18 Å². The van der Waals surface area contributed by atoms with Gasteiger partial charge < -0.3 is 5.32 Å². The Morgan fingerprint density at radius 2 is 2.10 bits per heavy atom. The molecule has 0 fully saturated rings. The molecule has 0 saturated carbocycles. The Hall–Kier alpha value is -1.82. The predicted molar refractivity (Wildman–Crippen MR) is 83.0 cm³/mol. The number of nitrogens with zero attached hydrogens (tertiary/aromatic N) is 1. The number of benzene rings is 1. The maximum Gasteiger partial charge on any atom is 0.235 e. The molecule has 2 N–H and O–H groups in total. The zero-order valence-corrected chi connectivity index (χ0v) is 13.1. The fourth-order valence-corrected chi connectivity index (χ4v) is 2.39. The third kappa shape index (κ3) is 4.32. The van der Waals surface area contributed by atoms with Crippen LogP contribution in [0.15, 0.2) is 35.2 Å². The number of H-pyrrole nitrogens is 1. The van der Waals surface area contributed by atoms with E-state index in [9.17, 15) is 9.18 Å². The molecule has 1 heterocycles. The number of anilines is 1. The third-order valence-electron chi connectivity index (χ3n) is 2.85. The second-order valence-electron chi connectivity index (χ2n) is 5.68. The van der Waals surface area contributed by atoms with Crippen LogP contribution in [0.3, 0.4) is 0 Å². The zero-order chi connectivity index (χ0) is 15.5. The highest BCUT2D eigenvalue weighted by atomic mass is 32.2. The maximum absolute atomic E-state index is 13.4. The first kappa shape index (κ1) is 15.6. The Kier molecular flexibility index (Phi) is 4.67. The number of amides is 1. The Morgan fingerprint density at radius 1 is 1.38 bits per heavy atom. The van der Waals surface area contributed by atoms with Gasteiger partial charge in [0.05, 0.1) is 5.75 Å². The van der Waals surface area contributed by atoms with Crippen molar-refractivity contribution in [2.75, 3.05) is 11.1 Å². The van der Waals surface area contributed by atoms with E-state index in [2.05, 4.69) is 36.3 Å². The summed E-state index contributed by atoms with van der Waals surface area (Å²) in [6.45, 7) is 6.17. The maximum atomic E-state index is 13.4. The molecular formula is C15H18FN3OS. The Labute approximate surface area is 127 Å². The van der Waals surface area contributed by atoms with E-state index in [0.29, 0.717) is 10.7 Å². The lowest BCUT2D eigenvalue weighted by molar-refractivity contribution is -0.113. The lowest BCUT2D eigenvalue weighted by Gasteiger charge is -2.14. The number of carbonyl (C=O) groups excluding carboxylic acids is 1. The summed E-state index contributed by atoms with van der Waals surface area (Å²) < 4.78 is 13.4. The Morgan fingerprint density at radius 3 is 2.71 bits per heavy atom. The summed E-state index contributed by atoms with van der Waals surface area (Å²) in [5, 5.41) is 9.66. The summed E-state index contributed by atoms with van der Waals surface area (Å²) in [5.41, 5.74) is 0.886. The number of rotatable bonds is 4. The first-order valence-corrected chi connectivity index (χ1v) is 7.58. The van der Waals surface area contributed by atoms with Crippen LogP contribution in [0.5, 0.6) is 0 Å². The van der Waals surface area contributed by atoms with E-state index in [1.54, 1.807) is 18.2 Å². The SMILES string of the molecule is CC(C)(C)c1cc(NC(=O)CSc2ccccc2F)n[nH]1. The van der Waals surface area contributed by atoms with Crippen LogP contribution in [0.1, 0.15) is 26.5 Å². The number of halogens is 1. The molecule has 0 spiro atoms. The van der Waals surface area contributed by atoms with Crippen LogP contribution in [0.4, 0.5) is 10.2 Å². The van der Waals surface area contributed by atoms with Gasteiger partial charge in [0.1, 0.15) is 5.82 Å². The quantitative estimate of drug-likeness (QED) is 0.849. The van der Waals surface area contributed by atoms with Gasteiger partial charge in [-0.2, -0.15) is 5.10 Å². The van der Waals surface area contributed by atoms with Crippen LogP contribution in [0.2, 0.25) is 0 Å². The van der Waals surface area contributed by atoms with Crippen molar-refractivity contribution in [3.63, 3.8) is 0 Å². The summed E-state index contributed by atoms with van der Waals surface area (Å²) in [6, 6.07) is 8.21. The standard InChI is InChI=1S/C15H18FN3OS/c1-15(2,3)12-8-13(19-18-12)17-14(20)9-21-11-7-5-4-6-10(11)16/h4-8H,9H2,1-3H3,(H2,17,18,19,20). The summed E-state index contributed by atoms with van der Waals surface area (Å²) in [6.07, 6.45) is 0. The Balaban J connectivity index is 1.90. The average Bonchev–Trinajstić information content (AvgIpc) is 2.86. The van der Waals surface area contributed by atoms with Gasteiger partial charge in [0.15, 0.2) is 5.82 Å². The minimum absolute atomic E-state index is 0.0576. The van der Waals surface area contributed by atoms with E-state index in [-0.39, 0.29) is 22.9 Å². The van der Waals surface area contributed by atoms with Gasteiger partial charge in [0.25, 0.3) is 0 Å². The second kappa shape index (κ2) is 6.30. The second-order valence-corrected chi connectivity index (χ2v) is 6.70. The van der Waals surface area contributed by atoms with Crippen molar-refractivity contribution in [2.24, 2.45) is 0 Å². The highest BCUT2D eigenvalue weighted by molar-refractivity contribution is 8.00. The number of hydrogen-bond donors (Lipinski definition) is 2. The number of aromatic amines is 1. The van der Waals surface area contributed by atoms with Crippen molar-refractivity contribution in [3.05, 3.63) is 41.8 Å². The molecule has 2 aromatic rings. The molecule has 1 aromatic carbocycles. The van der Waals surface area contributed by atoms with Crippen molar-refractivity contribution in [2.45, 2.75) is 31.1 Å². The molecule has 0 atom stereocenters. The van der Waals surface area contributed by atoms with Crippen molar-refractivity contribution in [1.82, 2.24) is 10.2 Å². The minimum atomic E-state index is -0.315. The van der Waals surface area contributed by atoms with Gasteiger partial charge in [-0.1, -0.05) is 32.9 Å². The van der Waals surface area contributed by atoms with Crippen molar-refractivity contribution in [1.29, 1.82) is 0 Å². The van der Waals surface area contributed by atoms with Crippen LogP contribution < -0.4 is 5.32 Å². The van der Waals surface area contributed by atoms with E-state index < -0.39 is 0 Å². The van der Waals surface area contributed by atoms with Gasteiger partial charge >= 0.3 is 0 Å². The molecule has 1 amide bonds. The van der Waals surface area contributed by atoms with E-state index in [0.717, 1.165) is 17.5 Å². The van der Waals surface area contributed by atoms with Gasteiger partial charge in [-0.05, 0) is 12.1 Å². The van der Waals surface area contributed by atoms with Gasteiger partial charge in [0.2, 0.25) is 5.91 Å². The Bertz CT molecular complexity index is 634. The molecule has 0 radical (unpaired) electrons. The van der Waals surface area contributed by atoms with Crippen molar-refractivity contribution in [3.8, 4) is 0 Å². The molecule has 2 rings (SSSR count). The van der Waals surface area contributed by atoms with Crippen LogP contribution in [-0.2, 0) is 10.2 Å². The largest absolute Gasteiger partial charge is 0.308 e. The predicted octanol–water partition coefficient (Wildman–Crippen LogP) is 3.58. The highest BCUT2D eigenvalue weighted by Crippen LogP contribution is 2.23. The third-order valence-corrected chi connectivity index (χ3v) is 3.90. The molecule has 21 heavy (non-hydrogen) atoms. The average molecular weight is 307 g/mol. The molecule has 112 valence electrons. The first-order valence-electron chi connectivity index (χ1n) is 6.59. The van der Waals surface area contributed by atoms with E-state index in [1.165, 1.54) is 6.07 Å². The fraction of sp³-hybridized carbons (Fsp3) is 0.333. The summed E-state index contributed by atoms with van der Waals surface area (Å²) >= 11 is 1.16.